The number of anilines is 1. The van der Waals surface area contributed by atoms with Crippen LogP contribution >= 0.6 is 0 Å². The van der Waals surface area contributed by atoms with Gasteiger partial charge in [-0.3, -0.25) is 4.79 Å². The Labute approximate surface area is 199 Å². The Bertz CT molecular complexity index is 1160. The second-order valence-corrected chi connectivity index (χ2v) is 11.5. The first-order chi connectivity index (χ1) is 16.0. The minimum Gasteiger partial charge on any atom is -0.493 e. The molecule has 3 heterocycles. The minimum absolute atomic E-state index is 0.0190. The van der Waals surface area contributed by atoms with Crippen LogP contribution in [0.15, 0.2) is 41.4 Å². The predicted molar refractivity (Wildman–Crippen MR) is 125 cm³/mol. The topological polar surface area (TPSA) is 97.8 Å². The molecule has 2 aliphatic rings. The maximum absolute atomic E-state index is 13.5. The average Bonchev–Trinajstić information content (AvgIpc) is 3.04. The number of carbonyl (C=O) groups excluding carboxylic acids is 1. The number of carbonyl (C=O) groups is 1. The van der Waals surface area contributed by atoms with Crippen molar-refractivity contribution in [2.75, 3.05) is 18.3 Å². The van der Waals surface area contributed by atoms with Gasteiger partial charge in [0.05, 0.1) is 12.0 Å². The van der Waals surface area contributed by atoms with Gasteiger partial charge in [-0.15, -0.1) is 0 Å². The van der Waals surface area contributed by atoms with Gasteiger partial charge in [-0.1, -0.05) is 0 Å². The van der Waals surface area contributed by atoms with E-state index in [1.807, 2.05) is 0 Å². The molecule has 1 amide bonds. The van der Waals surface area contributed by atoms with Crippen LogP contribution in [0.4, 0.5) is 10.2 Å². The van der Waals surface area contributed by atoms with Gasteiger partial charge in [-0.05, 0) is 63.8 Å². The molecule has 2 saturated heterocycles. The lowest BCUT2D eigenvalue weighted by molar-refractivity contribution is -0.135. The number of rotatable bonds is 7. The highest BCUT2D eigenvalue weighted by Gasteiger charge is 2.43. The number of benzene rings is 1. The van der Waals surface area contributed by atoms with E-state index in [4.69, 9.17) is 9.47 Å². The van der Waals surface area contributed by atoms with Gasteiger partial charge >= 0.3 is 0 Å². The summed E-state index contributed by atoms with van der Waals surface area (Å²) in [5.41, 5.74) is -1.19. The lowest BCUT2D eigenvalue weighted by atomic mass is 9.96. The van der Waals surface area contributed by atoms with Crippen molar-refractivity contribution < 1.29 is 27.1 Å². The predicted octanol–water partition coefficient (Wildman–Crippen LogP) is 3.11. The molecule has 0 spiro atoms. The molecule has 1 unspecified atom stereocenters. The summed E-state index contributed by atoms with van der Waals surface area (Å²) in [7, 11) is -1.88. The van der Waals surface area contributed by atoms with Crippen molar-refractivity contribution in [1.82, 2.24) is 10.3 Å². The smallest absolute Gasteiger partial charge is 0.263 e. The first-order valence-electron chi connectivity index (χ1n) is 11.3. The lowest BCUT2D eigenvalue weighted by Gasteiger charge is -2.40. The van der Waals surface area contributed by atoms with E-state index >= 15 is 0 Å². The Morgan fingerprint density at radius 1 is 1.15 bits per heavy atom. The van der Waals surface area contributed by atoms with Gasteiger partial charge in [-0.2, -0.15) is 0 Å². The summed E-state index contributed by atoms with van der Waals surface area (Å²) in [6.45, 7) is 3.34. The lowest BCUT2D eigenvalue weighted by Crippen LogP contribution is -2.55. The van der Waals surface area contributed by atoms with Crippen LogP contribution in [-0.2, 0) is 14.6 Å². The zero-order valence-electron chi connectivity index (χ0n) is 19.7. The van der Waals surface area contributed by atoms with Crippen molar-refractivity contribution in [3.63, 3.8) is 0 Å². The Kier molecular flexibility index (Phi) is 6.46. The van der Waals surface area contributed by atoms with E-state index < -0.39 is 21.3 Å². The molecule has 3 atom stereocenters. The molecule has 0 saturated carbocycles. The van der Waals surface area contributed by atoms with E-state index in [2.05, 4.69) is 15.2 Å². The number of hydrogen-bond donors (Lipinski definition) is 1. The van der Waals surface area contributed by atoms with Gasteiger partial charge in [0, 0.05) is 36.6 Å². The van der Waals surface area contributed by atoms with Crippen molar-refractivity contribution in [3.8, 4) is 11.5 Å². The van der Waals surface area contributed by atoms with Crippen molar-refractivity contribution >= 4 is 21.6 Å². The molecule has 2 bridgehead atoms. The fourth-order valence-electron chi connectivity index (χ4n) is 4.82. The highest BCUT2D eigenvalue weighted by atomic mass is 32.2. The molecule has 34 heavy (non-hydrogen) atoms. The number of hydrogen-bond acceptors (Lipinski definition) is 7. The van der Waals surface area contributed by atoms with E-state index in [0.717, 1.165) is 31.5 Å². The maximum atomic E-state index is 13.5. The highest BCUT2D eigenvalue weighted by Crippen LogP contribution is 2.39. The quantitative estimate of drug-likeness (QED) is 0.636. The summed E-state index contributed by atoms with van der Waals surface area (Å²) in [6, 6.07) is 7.67. The van der Waals surface area contributed by atoms with E-state index in [9.17, 15) is 17.6 Å². The molecule has 10 heteroatoms. The first-order valence-corrected chi connectivity index (χ1v) is 13.1. The van der Waals surface area contributed by atoms with Crippen molar-refractivity contribution in [1.29, 1.82) is 0 Å². The van der Waals surface area contributed by atoms with Crippen molar-refractivity contribution in [2.24, 2.45) is 0 Å². The number of nitrogens with zero attached hydrogens (tertiary/aromatic N) is 2. The number of amides is 1. The number of ether oxygens (including phenoxy) is 2. The van der Waals surface area contributed by atoms with Crippen LogP contribution < -0.4 is 19.7 Å². The molecule has 1 aromatic heterocycles. The number of pyridine rings is 1. The van der Waals surface area contributed by atoms with Crippen LogP contribution in [0.3, 0.4) is 0 Å². The Balaban J connectivity index is 1.41. The van der Waals surface area contributed by atoms with E-state index in [1.54, 1.807) is 26.0 Å². The van der Waals surface area contributed by atoms with Crippen molar-refractivity contribution in [2.45, 2.75) is 68.2 Å². The molecule has 0 aliphatic carbocycles. The van der Waals surface area contributed by atoms with Gasteiger partial charge in [0.15, 0.2) is 26.9 Å². The molecule has 184 valence electrons. The summed E-state index contributed by atoms with van der Waals surface area (Å²) in [6.07, 6.45) is 6.06. The molecule has 2 aliphatic heterocycles. The molecular formula is C24H30FN3O5S. The Hall–Kier alpha value is -2.88. The van der Waals surface area contributed by atoms with Crippen LogP contribution in [0, 0.1) is 5.82 Å². The van der Waals surface area contributed by atoms with Crippen LogP contribution in [0.25, 0.3) is 0 Å². The molecule has 1 N–H and O–H groups in total. The number of piperidine rings is 1. The molecular weight excluding hydrogens is 461 g/mol. The second-order valence-electron chi connectivity index (χ2n) is 9.47. The third kappa shape index (κ3) is 4.96. The van der Waals surface area contributed by atoms with Crippen LogP contribution in [-0.4, -0.2) is 56.4 Å². The molecule has 2 aromatic rings. The SMILES string of the molecule is COc1cc(F)ccc1OC(C)(C)C(=O)NC1C[C@H]2CC[C@@H](C1)N2c1ccc(S(C)(=O)=O)cn1. The normalized spacial score (nSPS) is 22.4. The number of nitrogens with one attached hydrogen (secondary N) is 1. The van der Waals surface area contributed by atoms with Gasteiger partial charge in [0.1, 0.15) is 11.6 Å². The first kappa shape index (κ1) is 24.3. The number of sulfone groups is 1. The Morgan fingerprint density at radius 2 is 1.82 bits per heavy atom. The van der Waals surface area contributed by atoms with Gasteiger partial charge in [0.25, 0.3) is 5.91 Å². The second kappa shape index (κ2) is 9.05. The number of fused-ring (bicyclic) bond motifs is 2. The monoisotopic (exact) mass is 491 g/mol. The molecule has 2 fully saturated rings. The standard InChI is InChI=1S/C24H30FN3O5S/c1-24(2,33-20-9-5-15(25)11-21(20)32-3)23(29)27-16-12-17-6-7-18(13-16)28(17)22-10-8-19(14-26-22)34(4,30)31/h5,8-11,14,16-18H,6-7,12-13H2,1-4H3,(H,27,29)/t16?,17-,18+. The van der Waals surface area contributed by atoms with Gasteiger partial charge < -0.3 is 19.7 Å². The average molecular weight is 492 g/mol. The molecule has 8 nitrogen and oxygen atoms in total. The summed E-state index contributed by atoms with van der Waals surface area (Å²) in [5, 5.41) is 3.12. The summed E-state index contributed by atoms with van der Waals surface area (Å²) in [5.74, 6) is 0.572. The zero-order chi connectivity index (χ0) is 24.7. The van der Waals surface area contributed by atoms with E-state index in [-0.39, 0.29) is 34.7 Å². The zero-order valence-corrected chi connectivity index (χ0v) is 20.6. The number of aromatic nitrogens is 1. The van der Waals surface area contributed by atoms with E-state index in [1.165, 1.54) is 37.8 Å². The van der Waals surface area contributed by atoms with Crippen LogP contribution in [0.2, 0.25) is 0 Å². The minimum atomic E-state index is -3.29. The largest absolute Gasteiger partial charge is 0.493 e. The molecule has 4 rings (SSSR count). The summed E-state index contributed by atoms with van der Waals surface area (Å²) >= 11 is 0. The van der Waals surface area contributed by atoms with Gasteiger partial charge in [0.2, 0.25) is 0 Å². The highest BCUT2D eigenvalue weighted by molar-refractivity contribution is 7.90. The number of halogens is 1. The summed E-state index contributed by atoms with van der Waals surface area (Å²) < 4.78 is 48.0. The van der Waals surface area contributed by atoms with Crippen LogP contribution in [0.5, 0.6) is 11.5 Å². The molecule has 1 aromatic carbocycles. The Morgan fingerprint density at radius 3 is 2.38 bits per heavy atom. The maximum Gasteiger partial charge on any atom is 0.263 e. The van der Waals surface area contributed by atoms with Crippen molar-refractivity contribution in [3.05, 3.63) is 42.3 Å². The molecule has 0 radical (unpaired) electrons. The van der Waals surface area contributed by atoms with Crippen LogP contribution in [0.1, 0.15) is 39.5 Å². The third-order valence-corrected chi connectivity index (χ3v) is 7.62. The van der Waals surface area contributed by atoms with E-state index in [0.29, 0.717) is 5.75 Å². The van der Waals surface area contributed by atoms with Gasteiger partial charge in [-0.25, -0.2) is 17.8 Å². The number of methoxy groups -OCH3 is 1. The third-order valence-electron chi connectivity index (χ3n) is 6.52. The fourth-order valence-corrected chi connectivity index (χ4v) is 5.38. The summed E-state index contributed by atoms with van der Waals surface area (Å²) in [4.78, 5) is 19.9. The fraction of sp³-hybridized carbons (Fsp3) is 0.500.